The summed E-state index contributed by atoms with van der Waals surface area (Å²) in [5, 5.41) is 0. The van der Waals surface area contributed by atoms with E-state index >= 15 is 0 Å². The van der Waals surface area contributed by atoms with E-state index in [0.717, 1.165) is 25.9 Å². The first-order valence-corrected chi connectivity index (χ1v) is 8.61. The summed E-state index contributed by atoms with van der Waals surface area (Å²) < 4.78 is 39.2. The summed E-state index contributed by atoms with van der Waals surface area (Å²) in [5.74, 6) is -0.353. The maximum absolute atomic E-state index is 13.7. The Balaban J connectivity index is 2.19. The molecule has 0 unspecified atom stereocenters. The van der Waals surface area contributed by atoms with E-state index in [4.69, 9.17) is 0 Å². The van der Waals surface area contributed by atoms with Crippen LogP contribution in [0.1, 0.15) is 18.4 Å². The van der Waals surface area contributed by atoms with Crippen LogP contribution in [0.5, 0.6) is 0 Å². The van der Waals surface area contributed by atoms with Crippen molar-refractivity contribution < 1.29 is 12.8 Å². The molecule has 2 rings (SSSR count). The van der Waals surface area contributed by atoms with Crippen LogP contribution in [0, 0.1) is 5.82 Å². The Morgan fingerprint density at radius 1 is 1.30 bits per heavy atom. The lowest BCUT2D eigenvalue weighted by molar-refractivity contribution is 0.179. The van der Waals surface area contributed by atoms with Crippen molar-refractivity contribution in [3.63, 3.8) is 0 Å². The molecule has 1 saturated heterocycles. The summed E-state index contributed by atoms with van der Waals surface area (Å²) in [6.45, 7) is 1.85. The van der Waals surface area contributed by atoms with E-state index in [1.165, 1.54) is 16.6 Å². The Kier molecular flexibility index (Phi) is 4.78. The van der Waals surface area contributed by atoms with Gasteiger partial charge in [0, 0.05) is 18.2 Å². The molecule has 0 spiro atoms. The molecule has 0 aromatic heterocycles. The van der Waals surface area contributed by atoms with E-state index in [2.05, 4.69) is 4.90 Å². The molecule has 0 bridgehead atoms. The Morgan fingerprint density at radius 3 is 2.45 bits per heavy atom. The summed E-state index contributed by atoms with van der Waals surface area (Å²) in [5.41, 5.74) is 0.428. The Bertz CT molecular complexity index is 554. The second-order valence-corrected chi connectivity index (χ2v) is 7.37. The Morgan fingerprint density at radius 2 is 1.90 bits per heavy atom. The highest BCUT2D eigenvalue weighted by Gasteiger charge is 2.29. The van der Waals surface area contributed by atoms with Crippen LogP contribution in [-0.4, -0.2) is 50.1 Å². The topological polar surface area (TPSA) is 40.6 Å². The van der Waals surface area contributed by atoms with E-state index in [1.54, 1.807) is 18.2 Å². The predicted molar refractivity (Wildman–Crippen MR) is 77.3 cm³/mol. The molecule has 0 atom stereocenters. The van der Waals surface area contributed by atoms with Crippen molar-refractivity contribution in [2.24, 2.45) is 0 Å². The molecule has 4 nitrogen and oxygen atoms in total. The van der Waals surface area contributed by atoms with Crippen molar-refractivity contribution in [3.05, 3.63) is 35.6 Å². The van der Waals surface area contributed by atoms with Crippen LogP contribution in [0.4, 0.5) is 4.39 Å². The fraction of sp³-hybridized carbons (Fsp3) is 0.571. The first-order valence-electron chi connectivity index (χ1n) is 6.76. The maximum atomic E-state index is 13.7. The van der Waals surface area contributed by atoms with Gasteiger partial charge in [-0.15, -0.1) is 0 Å². The largest absolute Gasteiger partial charge is 0.306 e. The van der Waals surface area contributed by atoms with Gasteiger partial charge in [-0.05, 0) is 39.0 Å². The van der Waals surface area contributed by atoms with Crippen LogP contribution >= 0.6 is 0 Å². The highest BCUT2D eigenvalue weighted by molar-refractivity contribution is 7.88. The molecule has 0 radical (unpaired) electrons. The number of likely N-dealkylation sites (tertiary alicyclic amines) is 1. The molecule has 1 aromatic carbocycles. The van der Waals surface area contributed by atoms with Crippen LogP contribution in [-0.2, 0) is 16.6 Å². The molecule has 6 heteroatoms. The number of rotatable bonds is 4. The molecule has 1 heterocycles. The summed E-state index contributed by atoms with van der Waals surface area (Å²) in [4.78, 5) is 2.18. The zero-order valence-electron chi connectivity index (χ0n) is 11.9. The van der Waals surface area contributed by atoms with Gasteiger partial charge in [0.25, 0.3) is 0 Å². The second kappa shape index (κ2) is 6.20. The second-order valence-electron chi connectivity index (χ2n) is 5.43. The van der Waals surface area contributed by atoms with Crippen LogP contribution in [0.3, 0.4) is 0 Å². The van der Waals surface area contributed by atoms with Crippen LogP contribution in [0.2, 0.25) is 0 Å². The molecule has 1 fully saturated rings. The lowest BCUT2D eigenvalue weighted by atomic mass is 10.0. The molecule has 0 amide bonds. The summed E-state index contributed by atoms with van der Waals surface area (Å²) in [7, 11) is -1.32. The zero-order valence-corrected chi connectivity index (χ0v) is 12.7. The van der Waals surface area contributed by atoms with Crippen molar-refractivity contribution in [2.45, 2.75) is 25.4 Å². The minimum absolute atomic E-state index is 0.0409. The average molecular weight is 300 g/mol. The minimum atomic E-state index is -3.35. The third-order valence-electron chi connectivity index (χ3n) is 3.81. The Labute approximate surface area is 120 Å². The highest BCUT2D eigenvalue weighted by atomic mass is 32.2. The summed E-state index contributed by atoms with van der Waals surface area (Å²) in [6.07, 6.45) is 2.78. The quantitative estimate of drug-likeness (QED) is 0.849. The van der Waals surface area contributed by atoms with Crippen molar-refractivity contribution in [1.29, 1.82) is 0 Å². The average Bonchev–Trinajstić information content (AvgIpc) is 2.38. The van der Waals surface area contributed by atoms with Gasteiger partial charge < -0.3 is 4.90 Å². The monoisotopic (exact) mass is 300 g/mol. The molecule has 1 aliphatic rings. The minimum Gasteiger partial charge on any atom is -0.306 e. The van der Waals surface area contributed by atoms with Crippen molar-refractivity contribution in [2.75, 3.05) is 26.4 Å². The Hall–Kier alpha value is -0.980. The molecule has 1 aromatic rings. The van der Waals surface area contributed by atoms with E-state index in [-0.39, 0.29) is 18.4 Å². The van der Waals surface area contributed by atoms with E-state index in [0.29, 0.717) is 5.56 Å². The van der Waals surface area contributed by atoms with Crippen LogP contribution in [0.15, 0.2) is 24.3 Å². The molecule has 1 aliphatic heterocycles. The van der Waals surface area contributed by atoms with Crippen molar-refractivity contribution >= 4 is 10.0 Å². The van der Waals surface area contributed by atoms with Gasteiger partial charge in [0.2, 0.25) is 10.0 Å². The third-order valence-corrected chi connectivity index (χ3v) is 5.08. The molecule has 0 saturated carbocycles. The summed E-state index contributed by atoms with van der Waals surface area (Å²) >= 11 is 0. The molecular formula is C14H21FN2O2S. The number of piperidine rings is 1. The fourth-order valence-corrected chi connectivity index (χ4v) is 3.72. The summed E-state index contributed by atoms with van der Waals surface area (Å²) in [6, 6.07) is 6.31. The molecule has 112 valence electrons. The maximum Gasteiger partial charge on any atom is 0.211 e. The van der Waals surface area contributed by atoms with Crippen LogP contribution in [0.25, 0.3) is 0 Å². The van der Waals surface area contributed by atoms with Gasteiger partial charge in [-0.2, -0.15) is 4.31 Å². The molecular weight excluding hydrogens is 279 g/mol. The number of hydrogen-bond donors (Lipinski definition) is 0. The standard InChI is InChI=1S/C14H21FN2O2S/c1-16-9-7-13(8-10-16)17(20(2,18)19)11-12-5-3-4-6-14(12)15/h3-6,13H,7-11H2,1-2H3. The smallest absolute Gasteiger partial charge is 0.211 e. The molecule has 0 aliphatic carbocycles. The van der Waals surface area contributed by atoms with E-state index < -0.39 is 10.0 Å². The number of nitrogens with zero attached hydrogens (tertiary/aromatic N) is 2. The molecule has 20 heavy (non-hydrogen) atoms. The lowest BCUT2D eigenvalue weighted by Crippen LogP contribution is -2.45. The van der Waals surface area contributed by atoms with Gasteiger partial charge in [-0.25, -0.2) is 12.8 Å². The third kappa shape index (κ3) is 3.77. The van der Waals surface area contributed by atoms with Gasteiger partial charge in [0.1, 0.15) is 5.82 Å². The lowest BCUT2D eigenvalue weighted by Gasteiger charge is -2.35. The SMILES string of the molecule is CN1CCC(N(Cc2ccccc2F)S(C)(=O)=O)CC1. The zero-order chi connectivity index (χ0) is 14.8. The van der Waals surface area contributed by atoms with Crippen molar-refractivity contribution in [1.82, 2.24) is 9.21 Å². The van der Waals surface area contributed by atoms with Gasteiger partial charge in [-0.1, -0.05) is 18.2 Å². The van der Waals surface area contributed by atoms with Gasteiger partial charge in [0.15, 0.2) is 0 Å². The normalized spacial score (nSPS) is 18.6. The highest BCUT2D eigenvalue weighted by Crippen LogP contribution is 2.22. The first-order chi connectivity index (χ1) is 9.38. The number of hydrogen-bond acceptors (Lipinski definition) is 3. The molecule has 0 N–H and O–H groups in total. The van der Waals surface area contributed by atoms with Crippen LogP contribution < -0.4 is 0 Å². The van der Waals surface area contributed by atoms with Gasteiger partial charge in [0.05, 0.1) is 6.26 Å². The van der Waals surface area contributed by atoms with E-state index in [9.17, 15) is 12.8 Å². The van der Waals surface area contributed by atoms with Gasteiger partial charge in [-0.3, -0.25) is 0 Å². The van der Waals surface area contributed by atoms with Gasteiger partial charge >= 0.3 is 0 Å². The van der Waals surface area contributed by atoms with E-state index in [1.807, 2.05) is 7.05 Å². The number of halogens is 1. The fourth-order valence-electron chi connectivity index (χ4n) is 2.59. The first kappa shape index (κ1) is 15.4. The van der Waals surface area contributed by atoms with Crippen molar-refractivity contribution in [3.8, 4) is 0 Å². The number of sulfonamides is 1. The number of benzene rings is 1. The predicted octanol–water partition coefficient (Wildman–Crippen LogP) is 1.68.